The van der Waals surface area contributed by atoms with Gasteiger partial charge in [-0.05, 0) is 0 Å². The molecule has 0 atom stereocenters. The molecule has 0 radical (unpaired) electrons. The molecule has 0 rings (SSSR count). The summed E-state index contributed by atoms with van der Waals surface area (Å²) in [6, 6.07) is 0. The summed E-state index contributed by atoms with van der Waals surface area (Å²) in [4.78, 5) is 20.3. The van der Waals surface area contributed by atoms with Crippen molar-refractivity contribution in [3.05, 3.63) is 0 Å². The van der Waals surface area contributed by atoms with Crippen molar-refractivity contribution in [1.82, 2.24) is 0 Å². The van der Waals surface area contributed by atoms with Crippen LogP contribution < -0.4 is 0 Å². The van der Waals surface area contributed by atoms with Crippen molar-refractivity contribution in [2.24, 2.45) is 0 Å². The van der Waals surface area contributed by atoms with Crippen molar-refractivity contribution in [3.8, 4) is 0 Å². The molecule has 0 unspecified atom stereocenters. The third-order valence-corrected chi connectivity index (χ3v) is 7.75. The van der Waals surface area contributed by atoms with Gasteiger partial charge in [0.1, 0.15) is 0 Å². The monoisotopic (exact) mass is 314 g/mol. The van der Waals surface area contributed by atoms with E-state index in [1.807, 2.05) is 0 Å². The molecule has 0 heterocycles. The molecule has 0 fully saturated rings. The maximum atomic E-state index is 10.2. The van der Waals surface area contributed by atoms with E-state index in [-0.39, 0.29) is 36.7 Å². The summed E-state index contributed by atoms with van der Waals surface area (Å²) in [5, 5.41) is 0.199. The van der Waals surface area contributed by atoms with Gasteiger partial charge in [0.05, 0.1) is 0 Å². The molecule has 2 nitrogen and oxygen atoms in total. The molecule has 0 bridgehead atoms. The van der Waals surface area contributed by atoms with E-state index in [4.69, 9.17) is 23.2 Å². The molecular weight excluding hydrogens is 309 g/mol. The zero-order chi connectivity index (χ0) is 7.98. The van der Waals surface area contributed by atoms with Gasteiger partial charge in [-0.15, -0.1) is 0 Å². The summed E-state index contributed by atoms with van der Waals surface area (Å²) in [6.45, 7) is 0. The Morgan fingerprint density at radius 3 is 1.50 bits per heavy atom. The molecule has 0 saturated heterocycles. The van der Waals surface area contributed by atoms with Gasteiger partial charge in [0, 0.05) is 0 Å². The van der Waals surface area contributed by atoms with E-state index in [2.05, 4.69) is 0 Å². The summed E-state index contributed by atoms with van der Waals surface area (Å²) in [6.07, 6.45) is 0. The van der Waals surface area contributed by atoms with E-state index < -0.39 is 0 Å². The standard InChI is InChI=1S/C4H4Cl2O2Se2/c5-3(7)1-9-10-2-4(6)8/h1-2H2. The van der Waals surface area contributed by atoms with Gasteiger partial charge in [0.15, 0.2) is 0 Å². The van der Waals surface area contributed by atoms with Crippen molar-refractivity contribution in [3.63, 3.8) is 0 Å². The fourth-order valence-electron chi connectivity index (χ4n) is 0.176. The van der Waals surface area contributed by atoms with E-state index in [1.165, 1.54) is 0 Å². The van der Waals surface area contributed by atoms with Crippen LogP contribution in [0.2, 0.25) is 10.6 Å². The molecule has 0 aliphatic heterocycles. The topological polar surface area (TPSA) is 34.1 Å². The number of carbonyl (C=O) groups is 2. The second-order valence-electron chi connectivity index (χ2n) is 1.23. The first-order valence-corrected chi connectivity index (χ1v) is 9.75. The Morgan fingerprint density at radius 1 is 1.00 bits per heavy atom. The second-order valence-corrected chi connectivity index (χ2v) is 9.42. The summed E-state index contributed by atoms with van der Waals surface area (Å²) >= 11 is 10.5. The van der Waals surface area contributed by atoms with Crippen LogP contribution in [-0.4, -0.2) is 36.7 Å². The molecular formula is C4H4Cl2O2Se2. The SMILES string of the molecule is O=C(Cl)C[Se][Se]CC(=O)Cl. The molecule has 0 aromatic heterocycles. The van der Waals surface area contributed by atoms with Crippen molar-refractivity contribution >= 4 is 59.9 Å². The molecule has 0 amide bonds. The van der Waals surface area contributed by atoms with Crippen LogP contribution in [0.3, 0.4) is 0 Å². The van der Waals surface area contributed by atoms with E-state index in [1.54, 1.807) is 0 Å². The zero-order valence-corrected chi connectivity index (χ0v) is 9.74. The third kappa shape index (κ3) is 8.96. The van der Waals surface area contributed by atoms with Crippen LogP contribution in [0.4, 0.5) is 0 Å². The summed E-state index contributed by atoms with van der Waals surface area (Å²) in [5.41, 5.74) is 0. The van der Waals surface area contributed by atoms with Crippen LogP contribution in [0.1, 0.15) is 0 Å². The van der Waals surface area contributed by atoms with Gasteiger partial charge < -0.3 is 0 Å². The maximum absolute atomic E-state index is 10.2. The molecule has 58 valence electrons. The van der Waals surface area contributed by atoms with Crippen molar-refractivity contribution < 1.29 is 9.59 Å². The molecule has 0 aliphatic rings. The van der Waals surface area contributed by atoms with Gasteiger partial charge in [-0.25, -0.2) is 0 Å². The average molecular weight is 313 g/mol. The van der Waals surface area contributed by atoms with Gasteiger partial charge >= 0.3 is 80.2 Å². The van der Waals surface area contributed by atoms with Gasteiger partial charge in [-0.1, -0.05) is 0 Å². The minimum atomic E-state index is -0.316. The summed E-state index contributed by atoms with van der Waals surface area (Å²) in [7, 11) is 0. The van der Waals surface area contributed by atoms with Gasteiger partial charge in [-0.2, -0.15) is 0 Å². The molecule has 10 heavy (non-hydrogen) atoms. The van der Waals surface area contributed by atoms with Crippen LogP contribution in [0.5, 0.6) is 0 Å². The minimum absolute atomic E-state index is 0.205. The van der Waals surface area contributed by atoms with Gasteiger partial charge in [0.25, 0.3) is 0 Å². The normalized spacial score (nSPS) is 9.40. The van der Waals surface area contributed by atoms with Crippen LogP contribution in [0, 0.1) is 0 Å². The molecule has 0 aliphatic carbocycles. The summed E-state index contributed by atoms with van der Waals surface area (Å²) in [5.74, 6) is 0. The predicted molar refractivity (Wildman–Crippen MR) is 42.8 cm³/mol. The van der Waals surface area contributed by atoms with E-state index in [9.17, 15) is 9.59 Å². The van der Waals surface area contributed by atoms with Crippen LogP contribution in [0.25, 0.3) is 0 Å². The first kappa shape index (κ1) is 11.0. The Morgan fingerprint density at radius 2 is 1.30 bits per heavy atom. The first-order valence-electron chi connectivity index (χ1n) is 2.24. The van der Waals surface area contributed by atoms with Crippen LogP contribution in [0.15, 0.2) is 0 Å². The van der Waals surface area contributed by atoms with Crippen molar-refractivity contribution in [1.29, 1.82) is 0 Å². The second kappa shape index (κ2) is 6.66. The Balaban J connectivity index is 3.06. The number of carbonyl (C=O) groups excluding carboxylic acids is 2. The van der Waals surface area contributed by atoms with E-state index in [0.717, 1.165) is 0 Å². The van der Waals surface area contributed by atoms with E-state index >= 15 is 0 Å². The Hall–Kier alpha value is 0.959. The molecule has 6 heteroatoms. The van der Waals surface area contributed by atoms with Gasteiger partial charge in [0.2, 0.25) is 0 Å². The molecule has 0 spiro atoms. The fourth-order valence-corrected chi connectivity index (χ4v) is 7.16. The quantitative estimate of drug-likeness (QED) is 0.425. The van der Waals surface area contributed by atoms with Crippen molar-refractivity contribution in [2.45, 2.75) is 10.6 Å². The fraction of sp³-hybridized carbons (Fsp3) is 0.500. The number of rotatable bonds is 5. The van der Waals surface area contributed by atoms with Crippen molar-refractivity contribution in [2.75, 3.05) is 0 Å². The van der Waals surface area contributed by atoms with Gasteiger partial charge in [-0.3, -0.25) is 0 Å². The third-order valence-electron chi connectivity index (χ3n) is 0.428. The summed E-state index contributed by atoms with van der Waals surface area (Å²) < 4.78 is 0. The van der Waals surface area contributed by atoms with Crippen LogP contribution in [-0.2, 0) is 9.59 Å². The number of halogens is 2. The number of hydrogen-bond donors (Lipinski definition) is 0. The first-order chi connectivity index (χ1) is 4.63. The molecule has 0 N–H and O–H groups in total. The molecule has 0 aromatic rings. The Bertz CT molecular complexity index is 123. The molecule has 0 aromatic carbocycles. The Labute approximate surface area is 79.9 Å². The van der Waals surface area contributed by atoms with Crippen LogP contribution >= 0.6 is 23.2 Å². The Kier molecular flexibility index (Phi) is 7.29. The average Bonchev–Trinajstić information content (AvgIpc) is 1.79. The predicted octanol–water partition coefficient (Wildman–Crippen LogP) is 0.677. The number of hydrogen-bond acceptors (Lipinski definition) is 2. The molecule has 0 saturated carbocycles. The zero-order valence-electron chi connectivity index (χ0n) is 4.80. The van der Waals surface area contributed by atoms with E-state index in [0.29, 0.717) is 10.6 Å².